The smallest absolute Gasteiger partial charge is 0.336 e. The van der Waals surface area contributed by atoms with Crippen molar-refractivity contribution in [3.05, 3.63) is 71.2 Å². The van der Waals surface area contributed by atoms with Crippen LogP contribution in [-0.2, 0) is 16.6 Å². The Morgan fingerprint density at radius 1 is 1.00 bits per heavy atom. The van der Waals surface area contributed by atoms with Crippen LogP contribution in [0, 0.1) is 12.7 Å². The van der Waals surface area contributed by atoms with Crippen molar-refractivity contribution in [2.24, 2.45) is 7.05 Å². The van der Waals surface area contributed by atoms with E-state index in [0.717, 1.165) is 22.7 Å². The van der Waals surface area contributed by atoms with Gasteiger partial charge in [0.2, 0.25) is 0 Å². The Labute approximate surface area is 159 Å². The highest BCUT2D eigenvalue weighted by atomic mass is 19.1. The van der Waals surface area contributed by atoms with Gasteiger partial charge in [0.25, 0.3) is 11.8 Å². The quantitative estimate of drug-likeness (QED) is 0.550. The minimum absolute atomic E-state index is 0.210. The van der Waals surface area contributed by atoms with E-state index in [2.05, 4.69) is 5.32 Å². The lowest BCUT2D eigenvalue weighted by Crippen LogP contribution is -2.54. The highest BCUT2D eigenvalue weighted by molar-refractivity contribution is 6.39. The monoisotopic (exact) mass is 377 g/mol. The summed E-state index contributed by atoms with van der Waals surface area (Å²) in [7, 11) is 1.89. The number of aromatic nitrogens is 1. The first kappa shape index (κ1) is 17.7. The first-order valence-electron chi connectivity index (χ1n) is 8.60. The molecule has 4 amide bonds. The zero-order chi connectivity index (χ0) is 20.0. The highest BCUT2D eigenvalue weighted by Crippen LogP contribution is 2.29. The predicted octanol–water partition coefficient (Wildman–Crippen LogP) is 3.29. The molecule has 4 rings (SSSR count). The van der Waals surface area contributed by atoms with Gasteiger partial charge in [-0.2, -0.15) is 0 Å². The van der Waals surface area contributed by atoms with Gasteiger partial charge < -0.3 is 4.57 Å². The van der Waals surface area contributed by atoms with Crippen molar-refractivity contribution in [1.29, 1.82) is 0 Å². The van der Waals surface area contributed by atoms with Crippen molar-refractivity contribution in [2.45, 2.75) is 6.92 Å². The number of aryl methyl sites for hydroxylation is 1. The van der Waals surface area contributed by atoms with E-state index in [0.29, 0.717) is 10.5 Å². The van der Waals surface area contributed by atoms with Crippen LogP contribution < -0.4 is 10.2 Å². The number of fused-ring (bicyclic) bond motifs is 1. The summed E-state index contributed by atoms with van der Waals surface area (Å²) in [5.74, 6) is -2.41. The second-order valence-electron chi connectivity index (χ2n) is 6.48. The van der Waals surface area contributed by atoms with Crippen LogP contribution in [-0.4, -0.2) is 22.4 Å². The second-order valence-corrected chi connectivity index (χ2v) is 6.48. The Balaban J connectivity index is 1.87. The lowest BCUT2D eigenvalue weighted by Gasteiger charge is -2.26. The minimum atomic E-state index is -0.980. The van der Waals surface area contributed by atoms with Gasteiger partial charge in [-0.25, -0.2) is 14.1 Å². The maximum absolute atomic E-state index is 14.2. The van der Waals surface area contributed by atoms with Gasteiger partial charge in [0.05, 0.1) is 5.69 Å². The predicted molar refractivity (Wildman–Crippen MR) is 103 cm³/mol. The van der Waals surface area contributed by atoms with Crippen molar-refractivity contribution >= 4 is 40.5 Å². The summed E-state index contributed by atoms with van der Waals surface area (Å²) in [6.07, 6.45) is 1.45. The first-order chi connectivity index (χ1) is 13.4. The molecule has 0 aliphatic carbocycles. The van der Waals surface area contributed by atoms with Gasteiger partial charge in [0, 0.05) is 29.2 Å². The Kier molecular flexibility index (Phi) is 4.07. The molecule has 0 spiro atoms. The molecule has 0 radical (unpaired) electrons. The summed E-state index contributed by atoms with van der Waals surface area (Å²) in [6.45, 7) is 1.87. The summed E-state index contributed by atoms with van der Waals surface area (Å²) in [6, 6.07) is 12.0. The molecule has 140 valence electrons. The molecule has 0 unspecified atom stereocenters. The number of nitrogens with one attached hydrogen (secondary N) is 1. The maximum Gasteiger partial charge on any atom is 0.336 e. The average Bonchev–Trinajstić information content (AvgIpc) is 2.91. The zero-order valence-corrected chi connectivity index (χ0v) is 15.2. The second kappa shape index (κ2) is 6.45. The van der Waals surface area contributed by atoms with Gasteiger partial charge in [-0.1, -0.05) is 30.3 Å². The molecule has 1 N–H and O–H groups in total. The van der Waals surface area contributed by atoms with E-state index in [1.807, 2.05) is 42.8 Å². The molecular formula is C21H16FN3O3. The minimum Gasteiger partial charge on any atom is -0.347 e. The number of carbonyl (C=O) groups excluding carboxylic acids is 3. The molecule has 7 heteroatoms. The van der Waals surface area contributed by atoms with Crippen LogP contribution in [0.25, 0.3) is 17.0 Å². The maximum atomic E-state index is 14.2. The number of imide groups is 2. The summed E-state index contributed by atoms with van der Waals surface area (Å²) < 4.78 is 16.1. The van der Waals surface area contributed by atoms with E-state index in [9.17, 15) is 18.8 Å². The number of barbiturate groups is 1. The standard InChI is InChI=1S/C21H16FN3O3/c1-12-14(13-7-3-5-9-17(13)24(12)2)11-15-19(26)23-21(28)25(20(15)27)18-10-6-4-8-16(18)22/h3-11H,1-2H3,(H,23,26,28)/b15-11+. The molecule has 1 aliphatic heterocycles. The Morgan fingerprint density at radius 3 is 2.43 bits per heavy atom. The molecule has 6 nitrogen and oxygen atoms in total. The van der Waals surface area contributed by atoms with Gasteiger partial charge in [-0.3, -0.25) is 14.9 Å². The number of urea groups is 1. The molecule has 1 saturated heterocycles. The molecule has 1 aliphatic rings. The van der Waals surface area contributed by atoms with E-state index in [1.165, 1.54) is 24.3 Å². The van der Waals surface area contributed by atoms with E-state index in [4.69, 9.17) is 0 Å². The van der Waals surface area contributed by atoms with E-state index in [1.54, 1.807) is 0 Å². The molecule has 0 saturated carbocycles. The van der Waals surface area contributed by atoms with Gasteiger partial charge in [0.15, 0.2) is 0 Å². The molecule has 0 atom stereocenters. The Bertz CT molecular complexity index is 1190. The van der Waals surface area contributed by atoms with Crippen LogP contribution in [0.4, 0.5) is 14.9 Å². The number of carbonyl (C=O) groups is 3. The topological polar surface area (TPSA) is 71.4 Å². The van der Waals surface area contributed by atoms with Crippen LogP contribution in [0.3, 0.4) is 0 Å². The molecule has 0 bridgehead atoms. The van der Waals surface area contributed by atoms with Crippen LogP contribution in [0.2, 0.25) is 0 Å². The number of anilines is 1. The van der Waals surface area contributed by atoms with E-state index < -0.39 is 23.7 Å². The van der Waals surface area contributed by atoms with E-state index in [-0.39, 0.29) is 11.3 Å². The SMILES string of the molecule is Cc1c(/C=C2\C(=O)NC(=O)N(c3ccccc3F)C2=O)c2ccccc2n1C. The summed E-state index contributed by atoms with van der Waals surface area (Å²) in [4.78, 5) is 38.2. The number of benzene rings is 2. The largest absolute Gasteiger partial charge is 0.347 e. The van der Waals surface area contributed by atoms with Crippen molar-refractivity contribution in [3.63, 3.8) is 0 Å². The van der Waals surface area contributed by atoms with Gasteiger partial charge in [-0.15, -0.1) is 0 Å². The third kappa shape index (κ3) is 2.60. The van der Waals surface area contributed by atoms with Gasteiger partial charge in [0.1, 0.15) is 11.4 Å². The molecule has 2 aromatic carbocycles. The van der Waals surface area contributed by atoms with Gasteiger partial charge in [-0.05, 0) is 31.2 Å². The highest BCUT2D eigenvalue weighted by Gasteiger charge is 2.38. The lowest BCUT2D eigenvalue weighted by atomic mass is 10.0. The molecule has 1 aromatic heterocycles. The van der Waals surface area contributed by atoms with Gasteiger partial charge >= 0.3 is 6.03 Å². The number of nitrogens with zero attached hydrogens (tertiary/aromatic N) is 2. The molecule has 28 heavy (non-hydrogen) atoms. The fraction of sp³-hybridized carbons (Fsp3) is 0.0952. The Hall–Kier alpha value is -3.74. The molecule has 3 aromatic rings. The number of rotatable bonds is 2. The summed E-state index contributed by atoms with van der Waals surface area (Å²) in [5.41, 5.74) is 2.04. The number of hydrogen-bond donors (Lipinski definition) is 1. The van der Waals surface area contributed by atoms with Crippen LogP contribution in [0.5, 0.6) is 0 Å². The zero-order valence-electron chi connectivity index (χ0n) is 15.2. The number of para-hydroxylation sites is 2. The molecule has 1 fully saturated rings. The number of hydrogen-bond acceptors (Lipinski definition) is 3. The summed E-state index contributed by atoms with van der Waals surface area (Å²) >= 11 is 0. The number of halogens is 1. The van der Waals surface area contributed by atoms with Crippen molar-refractivity contribution in [3.8, 4) is 0 Å². The third-order valence-electron chi connectivity index (χ3n) is 4.93. The lowest BCUT2D eigenvalue weighted by molar-refractivity contribution is -0.122. The number of amides is 4. The third-order valence-corrected chi connectivity index (χ3v) is 4.93. The fourth-order valence-corrected chi connectivity index (χ4v) is 3.39. The molecular weight excluding hydrogens is 361 g/mol. The van der Waals surface area contributed by atoms with E-state index >= 15 is 0 Å². The first-order valence-corrected chi connectivity index (χ1v) is 8.60. The van der Waals surface area contributed by atoms with Crippen LogP contribution in [0.1, 0.15) is 11.3 Å². The Morgan fingerprint density at radius 2 is 1.68 bits per heavy atom. The van der Waals surface area contributed by atoms with Crippen LogP contribution in [0.15, 0.2) is 54.1 Å². The van der Waals surface area contributed by atoms with Crippen molar-refractivity contribution in [2.75, 3.05) is 4.90 Å². The van der Waals surface area contributed by atoms with Crippen molar-refractivity contribution < 1.29 is 18.8 Å². The fourth-order valence-electron chi connectivity index (χ4n) is 3.39. The molecule has 2 heterocycles. The summed E-state index contributed by atoms with van der Waals surface area (Å²) in [5, 5.41) is 2.98. The van der Waals surface area contributed by atoms with Crippen LogP contribution >= 0.6 is 0 Å². The van der Waals surface area contributed by atoms with Crippen molar-refractivity contribution in [1.82, 2.24) is 9.88 Å². The normalized spacial score (nSPS) is 16.2. The average molecular weight is 377 g/mol.